The first-order chi connectivity index (χ1) is 7.49. The normalized spacial score (nSPS) is 33.0. The predicted octanol–water partition coefficient (Wildman–Crippen LogP) is 5.01. The average molecular weight is 501 g/mol. The van der Waals surface area contributed by atoms with Gasteiger partial charge in [0.15, 0.2) is 0 Å². The Hall–Kier alpha value is 2.25. The summed E-state index contributed by atoms with van der Waals surface area (Å²) in [4.78, 5) is 0. The Morgan fingerprint density at radius 1 is 1.06 bits per heavy atom. The molecule has 1 atom stereocenters. The van der Waals surface area contributed by atoms with Gasteiger partial charge in [-0.25, -0.2) is 0 Å². The second-order valence-corrected chi connectivity index (χ2v) is 28.2. The van der Waals surface area contributed by atoms with Crippen LogP contribution >= 0.6 is 17.8 Å². The SMILES string of the molecule is F[Si]1CC[CH2][Sn]([Cl])[CH2]C[CH2][Sn]([F])([Cl])[CH2]CC1. The van der Waals surface area contributed by atoms with Gasteiger partial charge in [-0.1, -0.05) is 0 Å². The minimum atomic E-state index is -3.76. The fraction of sp³-hybridized carbons (Fsp3) is 1.00. The van der Waals surface area contributed by atoms with Gasteiger partial charge in [0.25, 0.3) is 0 Å². The molecule has 94 valence electrons. The van der Waals surface area contributed by atoms with Crippen LogP contribution in [0, 0.1) is 0 Å². The van der Waals surface area contributed by atoms with E-state index in [1.165, 1.54) is 0 Å². The molecular weight excluding hydrogens is 483 g/mol. The van der Waals surface area contributed by atoms with Crippen LogP contribution in [0.15, 0.2) is 0 Å². The first-order valence-electron chi connectivity index (χ1n) is 5.88. The molecule has 2 radical (unpaired) electrons. The number of hydrogen-bond acceptors (Lipinski definition) is 0. The molecule has 7 heteroatoms. The van der Waals surface area contributed by atoms with Crippen molar-refractivity contribution in [3.63, 3.8) is 0 Å². The molecule has 0 nitrogen and oxygen atoms in total. The van der Waals surface area contributed by atoms with Gasteiger partial charge in [0.05, 0.1) is 0 Å². The summed E-state index contributed by atoms with van der Waals surface area (Å²) in [5, 5.41) is 0. The fourth-order valence-electron chi connectivity index (χ4n) is 1.92. The van der Waals surface area contributed by atoms with E-state index in [1.807, 2.05) is 0 Å². The van der Waals surface area contributed by atoms with Crippen molar-refractivity contribution < 1.29 is 6.97 Å². The summed E-state index contributed by atoms with van der Waals surface area (Å²) in [7, 11) is 10.6. The van der Waals surface area contributed by atoms with Crippen molar-refractivity contribution in [3.8, 4) is 0 Å². The zero-order valence-corrected chi connectivity index (χ0v) is 17.6. The Kier molecular flexibility index (Phi) is 8.59. The standard InChI is InChI=1S/C6H12FSi.C3H6.2ClH.FH.2Sn/c1-3-5-8(7)6-4-2;1-3-2;;;;;/h1-6H2;1-3H2;3*1H;;/q;;;;;+1;+2/p-3. The van der Waals surface area contributed by atoms with Gasteiger partial charge in [0, 0.05) is 0 Å². The molecule has 0 aromatic heterocycles. The van der Waals surface area contributed by atoms with E-state index >= 15 is 0 Å². The van der Waals surface area contributed by atoms with Crippen LogP contribution in [-0.4, -0.2) is 45.6 Å². The quantitative estimate of drug-likeness (QED) is 0.324. The summed E-state index contributed by atoms with van der Waals surface area (Å²) >= 11 is -5.51. The van der Waals surface area contributed by atoms with Gasteiger partial charge in [-0.05, 0) is 0 Å². The van der Waals surface area contributed by atoms with Crippen molar-refractivity contribution >= 4 is 63.4 Å². The molecule has 16 heavy (non-hydrogen) atoms. The van der Waals surface area contributed by atoms with Gasteiger partial charge < -0.3 is 0 Å². The molecular formula is C9H18Cl2F2SiSn2. The summed E-state index contributed by atoms with van der Waals surface area (Å²) in [5.74, 6) is 0. The molecule has 1 heterocycles. The number of rotatable bonds is 0. The van der Waals surface area contributed by atoms with E-state index in [1.54, 1.807) is 0 Å². The second kappa shape index (κ2) is 8.43. The summed E-state index contributed by atoms with van der Waals surface area (Å²) in [6.45, 7) is 0. The summed E-state index contributed by atoms with van der Waals surface area (Å²) in [6.07, 6.45) is 2.57. The minimum absolute atomic E-state index is 0.509. The van der Waals surface area contributed by atoms with E-state index in [2.05, 4.69) is 0 Å². The van der Waals surface area contributed by atoms with Gasteiger partial charge >= 0.3 is 120 Å². The van der Waals surface area contributed by atoms with Gasteiger partial charge in [-0.15, -0.1) is 0 Å². The van der Waals surface area contributed by atoms with Gasteiger partial charge in [0.1, 0.15) is 0 Å². The Morgan fingerprint density at radius 3 is 2.38 bits per heavy atom. The topological polar surface area (TPSA) is 0 Å². The molecule has 0 N–H and O–H groups in total. The molecule has 0 saturated carbocycles. The summed E-state index contributed by atoms with van der Waals surface area (Å²) < 4.78 is 30.7. The van der Waals surface area contributed by atoms with Crippen LogP contribution in [0.25, 0.3) is 0 Å². The van der Waals surface area contributed by atoms with Gasteiger partial charge in [0.2, 0.25) is 0 Å². The third-order valence-corrected chi connectivity index (χ3v) is 21.0. The van der Waals surface area contributed by atoms with Crippen LogP contribution in [-0.2, 0) is 0 Å². The Balaban J connectivity index is 2.42. The molecule has 0 aromatic carbocycles. The summed E-state index contributed by atoms with van der Waals surface area (Å²) in [5.41, 5.74) is 0. The van der Waals surface area contributed by atoms with Crippen molar-refractivity contribution in [1.82, 2.24) is 0 Å². The molecule has 0 bridgehead atoms. The van der Waals surface area contributed by atoms with Crippen molar-refractivity contribution in [2.75, 3.05) is 0 Å². The van der Waals surface area contributed by atoms with Crippen LogP contribution in [0.3, 0.4) is 0 Å². The van der Waals surface area contributed by atoms with Crippen LogP contribution in [0.2, 0.25) is 29.8 Å². The zero-order valence-electron chi connectivity index (χ0n) is 9.38. The van der Waals surface area contributed by atoms with Crippen LogP contribution in [0.4, 0.5) is 6.97 Å². The monoisotopic (exact) mass is 502 g/mol. The second-order valence-electron chi connectivity index (χ2n) is 4.45. The van der Waals surface area contributed by atoms with E-state index in [9.17, 15) is 6.97 Å². The molecule has 1 aliphatic rings. The first kappa shape index (κ1) is 16.3. The van der Waals surface area contributed by atoms with Crippen LogP contribution < -0.4 is 0 Å². The Labute approximate surface area is 118 Å². The maximum absolute atomic E-state index is 14.0. The summed E-state index contributed by atoms with van der Waals surface area (Å²) in [6, 6.07) is 1.32. The zero-order chi connectivity index (χ0) is 12.0. The predicted molar refractivity (Wildman–Crippen MR) is 73.9 cm³/mol. The molecule has 1 rings (SSSR count). The molecule has 1 fully saturated rings. The van der Waals surface area contributed by atoms with E-state index in [-0.39, 0.29) is 0 Å². The van der Waals surface area contributed by atoms with Crippen LogP contribution in [0.1, 0.15) is 19.3 Å². The third-order valence-electron chi connectivity index (χ3n) is 2.88. The molecule has 1 aliphatic heterocycles. The third kappa shape index (κ3) is 7.64. The fourth-order valence-corrected chi connectivity index (χ4v) is 20.4. The van der Waals surface area contributed by atoms with Crippen LogP contribution in [0.5, 0.6) is 0 Å². The number of hydrogen-bond donors (Lipinski definition) is 0. The van der Waals surface area contributed by atoms with E-state index < -0.39 is 45.6 Å². The average Bonchev–Trinajstić information content (AvgIpc) is 2.15. The number of halogens is 4. The van der Waals surface area contributed by atoms with Crippen molar-refractivity contribution in [2.45, 2.75) is 49.1 Å². The molecule has 0 spiro atoms. The van der Waals surface area contributed by atoms with Gasteiger partial charge in [-0.2, -0.15) is 0 Å². The van der Waals surface area contributed by atoms with Crippen molar-refractivity contribution in [3.05, 3.63) is 0 Å². The molecule has 0 aromatic rings. The van der Waals surface area contributed by atoms with E-state index in [0.29, 0.717) is 21.3 Å². The molecule has 0 amide bonds. The Morgan fingerprint density at radius 2 is 1.62 bits per heavy atom. The van der Waals surface area contributed by atoms with Crippen molar-refractivity contribution in [1.29, 1.82) is 0 Å². The van der Waals surface area contributed by atoms with E-state index in [4.69, 9.17) is 17.8 Å². The van der Waals surface area contributed by atoms with Gasteiger partial charge in [-0.3, -0.25) is 0 Å². The molecule has 0 aliphatic carbocycles. The van der Waals surface area contributed by atoms with E-state index in [0.717, 1.165) is 27.8 Å². The molecule has 1 unspecified atom stereocenters. The molecule has 1 saturated heterocycles. The van der Waals surface area contributed by atoms with Crippen molar-refractivity contribution in [2.24, 2.45) is 0 Å². The maximum atomic E-state index is 14.0. The Bertz CT molecular complexity index is 192. The first-order valence-corrected chi connectivity index (χ1v) is 24.0.